The smallest absolute Gasteiger partial charge is 0.0373 e. The van der Waals surface area contributed by atoms with Crippen molar-refractivity contribution in [3.63, 3.8) is 0 Å². The molecular weight excluding hydrogens is 150 g/mol. The molecular formula is C9H11N3. The molecule has 3 heteroatoms. The van der Waals surface area contributed by atoms with Crippen molar-refractivity contribution >= 4 is 11.8 Å². The Balaban J connectivity index is 3.04. The van der Waals surface area contributed by atoms with Gasteiger partial charge >= 0.3 is 0 Å². The molecule has 12 heavy (non-hydrogen) atoms. The third-order valence-electron chi connectivity index (χ3n) is 1.58. The molecule has 0 spiro atoms. The zero-order valence-electron chi connectivity index (χ0n) is 6.91. The van der Waals surface area contributed by atoms with Gasteiger partial charge in [0.05, 0.1) is 0 Å². The van der Waals surface area contributed by atoms with Gasteiger partial charge in [0.25, 0.3) is 0 Å². The SMILES string of the molecule is Cc1ccc(/C(C=N)=C/N)cn1. The van der Waals surface area contributed by atoms with E-state index in [4.69, 9.17) is 11.1 Å². The number of aryl methyl sites for hydroxylation is 1. The van der Waals surface area contributed by atoms with E-state index in [2.05, 4.69) is 4.98 Å². The number of nitrogens with two attached hydrogens (primary N) is 1. The summed E-state index contributed by atoms with van der Waals surface area (Å²) in [5.74, 6) is 0. The van der Waals surface area contributed by atoms with Gasteiger partial charge in [0.15, 0.2) is 0 Å². The molecule has 62 valence electrons. The Kier molecular flexibility index (Phi) is 2.58. The first kappa shape index (κ1) is 8.46. The van der Waals surface area contributed by atoms with Crippen LogP contribution < -0.4 is 5.73 Å². The lowest BCUT2D eigenvalue weighted by atomic mass is 10.1. The topological polar surface area (TPSA) is 62.8 Å². The molecule has 0 bridgehead atoms. The summed E-state index contributed by atoms with van der Waals surface area (Å²) in [6.07, 6.45) is 4.32. The van der Waals surface area contributed by atoms with Crippen molar-refractivity contribution < 1.29 is 0 Å². The molecule has 3 N–H and O–H groups in total. The number of nitrogens with one attached hydrogen (secondary N) is 1. The third-order valence-corrected chi connectivity index (χ3v) is 1.58. The molecule has 0 atom stereocenters. The Morgan fingerprint density at radius 2 is 2.33 bits per heavy atom. The van der Waals surface area contributed by atoms with Crippen LogP contribution in [0.4, 0.5) is 0 Å². The van der Waals surface area contributed by atoms with Gasteiger partial charge in [0, 0.05) is 35.4 Å². The number of allylic oxidation sites excluding steroid dienone is 1. The van der Waals surface area contributed by atoms with Crippen molar-refractivity contribution in [1.29, 1.82) is 5.41 Å². The fourth-order valence-electron chi connectivity index (χ4n) is 0.866. The van der Waals surface area contributed by atoms with Crippen LogP contribution in [0.5, 0.6) is 0 Å². The monoisotopic (exact) mass is 161 g/mol. The van der Waals surface area contributed by atoms with Crippen LogP contribution in [0.1, 0.15) is 11.3 Å². The Hall–Kier alpha value is -1.64. The summed E-state index contributed by atoms with van der Waals surface area (Å²) in [6, 6.07) is 3.79. The second-order valence-electron chi connectivity index (χ2n) is 2.45. The highest BCUT2D eigenvalue weighted by atomic mass is 14.7. The highest BCUT2D eigenvalue weighted by Crippen LogP contribution is 2.09. The predicted octanol–water partition coefficient (Wildman–Crippen LogP) is 1.34. The summed E-state index contributed by atoms with van der Waals surface area (Å²) in [5, 5.41) is 7.05. The van der Waals surface area contributed by atoms with E-state index >= 15 is 0 Å². The first-order valence-corrected chi connectivity index (χ1v) is 3.63. The molecule has 0 unspecified atom stereocenters. The van der Waals surface area contributed by atoms with Crippen LogP contribution in [0, 0.1) is 12.3 Å². The van der Waals surface area contributed by atoms with Crippen molar-refractivity contribution in [3.8, 4) is 0 Å². The standard InChI is InChI=1S/C9H11N3/c1-7-2-3-8(6-12-7)9(4-10)5-11/h2-6,10H,11H2,1H3/b9-5+,10-4?. The zero-order chi connectivity index (χ0) is 8.97. The van der Waals surface area contributed by atoms with Crippen LogP contribution in [0.2, 0.25) is 0 Å². The van der Waals surface area contributed by atoms with E-state index in [9.17, 15) is 0 Å². The fraction of sp³-hybridized carbons (Fsp3) is 0.111. The average Bonchev–Trinajstić information content (AvgIpc) is 2.10. The molecule has 0 amide bonds. The van der Waals surface area contributed by atoms with Crippen LogP contribution in [0.15, 0.2) is 24.5 Å². The Bertz CT molecular complexity index is 298. The molecule has 1 rings (SSSR count). The first-order chi connectivity index (χ1) is 5.77. The van der Waals surface area contributed by atoms with E-state index in [1.165, 1.54) is 12.4 Å². The Labute approximate surface area is 71.4 Å². The maximum Gasteiger partial charge on any atom is 0.0373 e. The van der Waals surface area contributed by atoms with Gasteiger partial charge in [0.2, 0.25) is 0 Å². The van der Waals surface area contributed by atoms with Gasteiger partial charge in [-0.1, -0.05) is 6.07 Å². The van der Waals surface area contributed by atoms with Gasteiger partial charge in [0.1, 0.15) is 0 Å². The third kappa shape index (κ3) is 1.69. The van der Waals surface area contributed by atoms with Crippen molar-refractivity contribution in [3.05, 3.63) is 35.8 Å². The number of hydrogen-bond donors (Lipinski definition) is 2. The summed E-state index contributed by atoms with van der Waals surface area (Å²) in [5.41, 5.74) is 7.83. The largest absolute Gasteiger partial charge is 0.404 e. The summed E-state index contributed by atoms with van der Waals surface area (Å²) in [4.78, 5) is 4.10. The Morgan fingerprint density at radius 1 is 1.58 bits per heavy atom. The lowest BCUT2D eigenvalue weighted by Gasteiger charge is -1.99. The molecule has 0 saturated carbocycles. The molecule has 0 radical (unpaired) electrons. The van der Waals surface area contributed by atoms with E-state index in [1.54, 1.807) is 6.20 Å². The highest BCUT2D eigenvalue weighted by Gasteiger charge is 1.96. The fourth-order valence-corrected chi connectivity index (χ4v) is 0.866. The summed E-state index contributed by atoms with van der Waals surface area (Å²) >= 11 is 0. The molecule has 0 aliphatic heterocycles. The van der Waals surface area contributed by atoms with E-state index in [-0.39, 0.29) is 0 Å². The number of rotatable bonds is 2. The minimum absolute atomic E-state index is 0.683. The van der Waals surface area contributed by atoms with E-state index in [1.807, 2.05) is 19.1 Å². The molecule has 1 heterocycles. The minimum Gasteiger partial charge on any atom is -0.404 e. The zero-order valence-corrected chi connectivity index (χ0v) is 6.91. The second-order valence-corrected chi connectivity index (χ2v) is 2.45. The van der Waals surface area contributed by atoms with Crippen molar-refractivity contribution in [2.24, 2.45) is 5.73 Å². The first-order valence-electron chi connectivity index (χ1n) is 3.63. The van der Waals surface area contributed by atoms with Crippen LogP contribution >= 0.6 is 0 Å². The number of aromatic nitrogens is 1. The maximum absolute atomic E-state index is 7.05. The van der Waals surface area contributed by atoms with E-state index in [0.717, 1.165) is 11.3 Å². The maximum atomic E-state index is 7.05. The van der Waals surface area contributed by atoms with Gasteiger partial charge in [-0.2, -0.15) is 0 Å². The number of hydrogen-bond acceptors (Lipinski definition) is 3. The lowest BCUT2D eigenvalue weighted by Crippen LogP contribution is -1.91. The van der Waals surface area contributed by atoms with Crippen LogP contribution in [-0.2, 0) is 0 Å². The van der Waals surface area contributed by atoms with Gasteiger partial charge in [-0.25, -0.2) is 0 Å². The van der Waals surface area contributed by atoms with E-state index in [0.29, 0.717) is 5.57 Å². The quantitative estimate of drug-likeness (QED) is 0.643. The Morgan fingerprint density at radius 3 is 2.75 bits per heavy atom. The molecule has 0 fully saturated rings. The summed E-state index contributed by atoms with van der Waals surface area (Å²) in [7, 11) is 0. The van der Waals surface area contributed by atoms with Crippen LogP contribution in [0.3, 0.4) is 0 Å². The summed E-state index contributed by atoms with van der Waals surface area (Å²) in [6.45, 7) is 1.92. The lowest BCUT2D eigenvalue weighted by molar-refractivity contribution is 1.19. The molecule has 0 saturated heterocycles. The molecule has 0 aliphatic rings. The van der Waals surface area contributed by atoms with Crippen molar-refractivity contribution in [2.45, 2.75) is 6.92 Å². The molecule has 0 aliphatic carbocycles. The van der Waals surface area contributed by atoms with Crippen LogP contribution in [0.25, 0.3) is 5.57 Å². The summed E-state index contributed by atoms with van der Waals surface area (Å²) < 4.78 is 0. The average molecular weight is 161 g/mol. The van der Waals surface area contributed by atoms with Crippen LogP contribution in [-0.4, -0.2) is 11.2 Å². The number of pyridine rings is 1. The molecule has 1 aromatic heterocycles. The normalized spacial score (nSPS) is 11.2. The molecule has 0 aromatic carbocycles. The van der Waals surface area contributed by atoms with Crippen molar-refractivity contribution in [2.75, 3.05) is 0 Å². The predicted molar refractivity (Wildman–Crippen MR) is 49.9 cm³/mol. The van der Waals surface area contributed by atoms with Crippen molar-refractivity contribution in [1.82, 2.24) is 4.98 Å². The number of nitrogens with zero attached hydrogens (tertiary/aromatic N) is 1. The van der Waals surface area contributed by atoms with Gasteiger partial charge < -0.3 is 11.1 Å². The highest BCUT2D eigenvalue weighted by molar-refractivity contribution is 6.07. The molecule has 3 nitrogen and oxygen atoms in total. The molecule has 1 aromatic rings. The second kappa shape index (κ2) is 3.67. The van der Waals surface area contributed by atoms with Gasteiger partial charge in [-0.3, -0.25) is 4.98 Å². The van der Waals surface area contributed by atoms with E-state index < -0.39 is 0 Å². The van der Waals surface area contributed by atoms with Gasteiger partial charge in [-0.15, -0.1) is 0 Å². The minimum atomic E-state index is 0.683. The van der Waals surface area contributed by atoms with Gasteiger partial charge in [-0.05, 0) is 13.0 Å².